The summed E-state index contributed by atoms with van der Waals surface area (Å²) < 4.78 is 10.9. The average molecular weight is 518 g/mol. The van der Waals surface area contributed by atoms with Gasteiger partial charge < -0.3 is 19.7 Å². The number of guanidine groups is 1. The molecule has 0 aliphatic carbocycles. The Hall–Kier alpha value is -1.23. The van der Waals surface area contributed by atoms with Crippen molar-refractivity contribution in [3.8, 4) is 0 Å². The maximum Gasteiger partial charge on any atom is 0.194 e. The molecule has 0 atom stereocenters. The number of nitrogens with one attached hydrogen (secondary N) is 1. The maximum atomic E-state index is 5.65. The van der Waals surface area contributed by atoms with Crippen LogP contribution in [-0.4, -0.2) is 49.8 Å². The summed E-state index contributed by atoms with van der Waals surface area (Å²) in [4.78, 5) is 11.0. The summed E-state index contributed by atoms with van der Waals surface area (Å²) in [5, 5.41) is 6.59. The molecular formula is C20H31IN4O2S. The summed E-state index contributed by atoms with van der Waals surface area (Å²) in [6.07, 6.45) is 0. The third-order valence-corrected chi connectivity index (χ3v) is 4.75. The molecule has 0 saturated heterocycles. The number of nitrogens with zero attached hydrogens (tertiary/aromatic N) is 3. The van der Waals surface area contributed by atoms with E-state index in [9.17, 15) is 0 Å². The lowest BCUT2D eigenvalue weighted by Crippen LogP contribution is -2.38. The molecule has 0 spiro atoms. The number of hydrogen-bond donors (Lipinski definition) is 1. The van der Waals surface area contributed by atoms with E-state index < -0.39 is 0 Å². The van der Waals surface area contributed by atoms with Crippen molar-refractivity contribution in [3.05, 3.63) is 51.5 Å². The van der Waals surface area contributed by atoms with Gasteiger partial charge in [0.05, 0.1) is 37.1 Å². The SMILES string of the molecule is CCOCCOCc1cccc(CNC(=NC)N(C)Cc2csc(C)n2)c1.I. The van der Waals surface area contributed by atoms with Gasteiger partial charge in [-0.3, -0.25) is 4.99 Å². The van der Waals surface area contributed by atoms with Crippen molar-refractivity contribution >= 4 is 41.3 Å². The molecule has 0 saturated carbocycles. The zero-order valence-corrected chi connectivity index (χ0v) is 20.3. The first-order valence-corrected chi connectivity index (χ1v) is 10.1. The largest absolute Gasteiger partial charge is 0.379 e. The predicted octanol–water partition coefficient (Wildman–Crippen LogP) is 3.83. The Labute approximate surface area is 189 Å². The quantitative estimate of drug-likeness (QED) is 0.224. The van der Waals surface area contributed by atoms with Crippen molar-refractivity contribution in [1.29, 1.82) is 0 Å². The summed E-state index contributed by atoms with van der Waals surface area (Å²) in [6.45, 7) is 8.02. The fourth-order valence-electron chi connectivity index (χ4n) is 2.65. The first-order valence-electron chi connectivity index (χ1n) is 9.18. The highest BCUT2D eigenvalue weighted by molar-refractivity contribution is 14.0. The molecule has 8 heteroatoms. The molecule has 0 bridgehead atoms. The number of aromatic nitrogens is 1. The highest BCUT2D eigenvalue weighted by Gasteiger charge is 2.08. The summed E-state index contributed by atoms with van der Waals surface area (Å²) in [5.41, 5.74) is 3.42. The van der Waals surface area contributed by atoms with Gasteiger partial charge in [-0.25, -0.2) is 4.98 Å². The minimum absolute atomic E-state index is 0. The van der Waals surface area contributed by atoms with Crippen LogP contribution >= 0.6 is 35.3 Å². The highest BCUT2D eigenvalue weighted by Crippen LogP contribution is 2.10. The molecule has 0 radical (unpaired) electrons. The van der Waals surface area contributed by atoms with Crippen molar-refractivity contribution < 1.29 is 9.47 Å². The van der Waals surface area contributed by atoms with E-state index in [1.54, 1.807) is 18.4 Å². The molecule has 156 valence electrons. The van der Waals surface area contributed by atoms with Crippen LogP contribution in [-0.2, 0) is 29.2 Å². The van der Waals surface area contributed by atoms with Crippen molar-refractivity contribution in [2.24, 2.45) is 4.99 Å². The fraction of sp³-hybridized carbons (Fsp3) is 0.500. The molecule has 0 amide bonds. The lowest BCUT2D eigenvalue weighted by atomic mass is 10.1. The summed E-state index contributed by atoms with van der Waals surface area (Å²) in [6, 6.07) is 8.40. The zero-order chi connectivity index (χ0) is 19.5. The van der Waals surface area contributed by atoms with Gasteiger partial charge in [0.2, 0.25) is 0 Å². The van der Waals surface area contributed by atoms with E-state index in [1.165, 1.54) is 5.56 Å². The number of hydrogen-bond acceptors (Lipinski definition) is 5. The first kappa shape index (κ1) is 24.8. The number of benzene rings is 1. The number of halogens is 1. The minimum Gasteiger partial charge on any atom is -0.379 e. The monoisotopic (exact) mass is 518 g/mol. The molecule has 0 aliphatic heterocycles. The summed E-state index contributed by atoms with van der Waals surface area (Å²) in [7, 11) is 3.82. The standard InChI is InChI=1S/C20H30N4O2S.HI/c1-5-25-9-10-26-14-18-8-6-7-17(11-18)12-22-20(21-3)24(4)13-19-15-27-16(2)23-19;/h6-8,11,15H,5,9-10,12-14H2,1-4H3,(H,21,22);1H. The molecule has 1 heterocycles. The van der Waals surface area contributed by atoms with Gasteiger partial charge in [-0.15, -0.1) is 35.3 Å². The number of ether oxygens (including phenoxy) is 2. The van der Waals surface area contributed by atoms with Crippen LogP contribution in [0, 0.1) is 6.92 Å². The third kappa shape index (κ3) is 8.85. The van der Waals surface area contributed by atoms with E-state index in [1.807, 2.05) is 20.9 Å². The maximum absolute atomic E-state index is 5.65. The molecular weight excluding hydrogens is 487 g/mol. The van der Waals surface area contributed by atoms with Gasteiger partial charge in [0.1, 0.15) is 0 Å². The summed E-state index contributed by atoms with van der Waals surface area (Å²) >= 11 is 1.67. The number of aliphatic imine (C=N–C) groups is 1. The molecule has 1 aromatic carbocycles. The normalized spacial score (nSPS) is 11.2. The Balaban J connectivity index is 0.00000392. The molecule has 2 rings (SSSR count). The summed E-state index contributed by atoms with van der Waals surface area (Å²) in [5.74, 6) is 0.846. The Kier molecular flexibility index (Phi) is 12.3. The van der Waals surface area contributed by atoms with E-state index >= 15 is 0 Å². The topological polar surface area (TPSA) is 59.0 Å². The Bertz CT molecular complexity index is 724. The Morgan fingerprint density at radius 2 is 2.00 bits per heavy atom. The van der Waals surface area contributed by atoms with Crippen LogP contribution in [0.15, 0.2) is 34.6 Å². The van der Waals surface area contributed by atoms with Crippen LogP contribution in [0.1, 0.15) is 28.8 Å². The van der Waals surface area contributed by atoms with E-state index in [0.29, 0.717) is 26.4 Å². The minimum atomic E-state index is 0. The number of thiazole rings is 1. The Morgan fingerprint density at radius 1 is 1.25 bits per heavy atom. The molecule has 6 nitrogen and oxygen atoms in total. The van der Waals surface area contributed by atoms with Crippen molar-refractivity contribution in [2.45, 2.75) is 33.5 Å². The smallest absolute Gasteiger partial charge is 0.194 e. The van der Waals surface area contributed by atoms with Gasteiger partial charge in [-0.05, 0) is 25.0 Å². The lowest BCUT2D eigenvalue weighted by Gasteiger charge is -2.21. The van der Waals surface area contributed by atoms with Crippen molar-refractivity contribution in [1.82, 2.24) is 15.2 Å². The number of rotatable bonds is 10. The van der Waals surface area contributed by atoms with Gasteiger partial charge >= 0.3 is 0 Å². The molecule has 2 aromatic rings. The van der Waals surface area contributed by atoms with Crippen molar-refractivity contribution in [3.63, 3.8) is 0 Å². The second kappa shape index (κ2) is 13.9. The fourth-order valence-corrected chi connectivity index (χ4v) is 3.25. The third-order valence-electron chi connectivity index (χ3n) is 3.93. The molecule has 0 aliphatic rings. The number of aryl methyl sites for hydroxylation is 1. The van der Waals surface area contributed by atoms with E-state index in [-0.39, 0.29) is 24.0 Å². The van der Waals surface area contributed by atoms with Gasteiger partial charge in [0, 0.05) is 32.6 Å². The average Bonchev–Trinajstić information content (AvgIpc) is 3.07. The Morgan fingerprint density at radius 3 is 2.68 bits per heavy atom. The highest BCUT2D eigenvalue weighted by atomic mass is 127. The molecule has 1 N–H and O–H groups in total. The van der Waals surface area contributed by atoms with Gasteiger partial charge in [-0.1, -0.05) is 24.3 Å². The molecule has 0 fully saturated rings. The van der Waals surface area contributed by atoms with Crippen LogP contribution in [0.3, 0.4) is 0 Å². The van der Waals surface area contributed by atoms with Gasteiger partial charge in [0.15, 0.2) is 5.96 Å². The zero-order valence-electron chi connectivity index (χ0n) is 17.1. The molecule has 1 aromatic heterocycles. The van der Waals surface area contributed by atoms with Crippen LogP contribution < -0.4 is 5.32 Å². The lowest BCUT2D eigenvalue weighted by molar-refractivity contribution is 0.0453. The predicted molar refractivity (Wildman–Crippen MR) is 127 cm³/mol. The second-order valence-electron chi connectivity index (χ2n) is 6.18. The van der Waals surface area contributed by atoms with E-state index in [4.69, 9.17) is 9.47 Å². The van der Waals surface area contributed by atoms with Crippen LogP contribution in [0.2, 0.25) is 0 Å². The van der Waals surface area contributed by atoms with E-state index in [0.717, 1.165) is 35.4 Å². The first-order chi connectivity index (χ1) is 13.1. The van der Waals surface area contributed by atoms with Crippen molar-refractivity contribution in [2.75, 3.05) is 33.9 Å². The molecule has 28 heavy (non-hydrogen) atoms. The van der Waals surface area contributed by atoms with Crippen LogP contribution in [0.4, 0.5) is 0 Å². The second-order valence-corrected chi connectivity index (χ2v) is 7.25. The van der Waals surface area contributed by atoms with Crippen LogP contribution in [0.5, 0.6) is 0 Å². The van der Waals surface area contributed by atoms with Gasteiger partial charge in [-0.2, -0.15) is 0 Å². The van der Waals surface area contributed by atoms with E-state index in [2.05, 4.69) is 49.8 Å². The molecule has 0 unspecified atom stereocenters. The van der Waals surface area contributed by atoms with Crippen LogP contribution in [0.25, 0.3) is 0 Å². The van der Waals surface area contributed by atoms with Gasteiger partial charge in [0.25, 0.3) is 0 Å².